The van der Waals surface area contributed by atoms with Gasteiger partial charge in [0, 0.05) is 0 Å². The topological polar surface area (TPSA) is 52.6 Å². The first kappa shape index (κ1) is 18.3. The highest BCUT2D eigenvalue weighted by atomic mass is 16.5. The maximum atomic E-state index is 12.7. The van der Waals surface area contributed by atoms with Crippen LogP contribution in [0.3, 0.4) is 0 Å². The summed E-state index contributed by atoms with van der Waals surface area (Å²) >= 11 is 0. The van der Waals surface area contributed by atoms with Crippen LogP contribution in [0.4, 0.5) is 0 Å². The van der Waals surface area contributed by atoms with E-state index in [0.717, 1.165) is 63.2 Å². The average molecular weight is 363 g/mol. The van der Waals surface area contributed by atoms with Crippen molar-refractivity contribution in [3.63, 3.8) is 0 Å². The molecule has 0 aromatic carbocycles. The molecule has 4 aliphatic rings. The number of carbonyl (C=O) groups excluding carboxylic acids is 2. The summed E-state index contributed by atoms with van der Waals surface area (Å²) in [6.45, 7) is 0.570. The zero-order chi connectivity index (χ0) is 17.9. The van der Waals surface area contributed by atoms with Gasteiger partial charge in [0.15, 0.2) is 0 Å². The summed E-state index contributed by atoms with van der Waals surface area (Å²) in [5, 5.41) is 0. The molecule has 4 aliphatic carbocycles. The zero-order valence-corrected chi connectivity index (χ0v) is 16.0. The predicted molar refractivity (Wildman–Crippen MR) is 98.3 cm³/mol. The smallest absolute Gasteiger partial charge is 0.310 e. The van der Waals surface area contributed by atoms with Crippen molar-refractivity contribution < 1.29 is 19.1 Å². The third-order valence-corrected chi connectivity index (χ3v) is 7.53. The summed E-state index contributed by atoms with van der Waals surface area (Å²) < 4.78 is 11.5. The van der Waals surface area contributed by atoms with Gasteiger partial charge in [-0.1, -0.05) is 25.7 Å². The Bertz CT molecular complexity index is 510. The van der Waals surface area contributed by atoms with Crippen LogP contribution in [-0.2, 0) is 19.1 Å². The SMILES string of the molecule is O=C(OCC1CC2CCC1C2)C1CCCCC1C(=O)OC1CCCCC1. The summed E-state index contributed by atoms with van der Waals surface area (Å²) in [6.07, 6.45) is 14.4. The molecule has 5 atom stereocenters. The Labute approximate surface area is 157 Å². The van der Waals surface area contributed by atoms with E-state index in [1.54, 1.807) is 0 Å². The first-order valence-electron chi connectivity index (χ1n) is 11.1. The minimum atomic E-state index is -0.279. The second-order valence-corrected chi connectivity index (χ2v) is 9.26. The molecule has 0 spiro atoms. The van der Waals surface area contributed by atoms with Gasteiger partial charge in [-0.2, -0.15) is 0 Å². The summed E-state index contributed by atoms with van der Waals surface area (Å²) in [7, 11) is 0. The molecule has 0 radical (unpaired) electrons. The standard InChI is InChI=1S/C22H34O4/c23-21(25-14-17-13-15-10-11-16(17)12-15)19-8-4-5-9-20(19)22(24)26-18-6-2-1-3-7-18/h15-20H,1-14H2. The van der Waals surface area contributed by atoms with E-state index in [-0.39, 0.29) is 29.9 Å². The van der Waals surface area contributed by atoms with Crippen LogP contribution in [0.15, 0.2) is 0 Å². The number of carbonyl (C=O) groups is 2. The Morgan fingerprint density at radius 1 is 0.731 bits per heavy atom. The highest BCUT2D eigenvalue weighted by Crippen LogP contribution is 2.48. The first-order chi connectivity index (χ1) is 12.7. The normalized spacial score (nSPS) is 37.5. The van der Waals surface area contributed by atoms with E-state index in [2.05, 4.69) is 0 Å². The minimum Gasteiger partial charge on any atom is -0.465 e. The Morgan fingerprint density at radius 2 is 1.42 bits per heavy atom. The summed E-state index contributed by atoms with van der Waals surface area (Å²) in [5.41, 5.74) is 0. The van der Waals surface area contributed by atoms with E-state index in [4.69, 9.17) is 9.47 Å². The van der Waals surface area contributed by atoms with Crippen molar-refractivity contribution in [2.75, 3.05) is 6.61 Å². The summed E-state index contributed by atoms with van der Waals surface area (Å²) in [4.78, 5) is 25.5. The molecule has 2 bridgehead atoms. The molecular formula is C22H34O4. The maximum absolute atomic E-state index is 12.7. The van der Waals surface area contributed by atoms with Crippen molar-refractivity contribution >= 4 is 11.9 Å². The van der Waals surface area contributed by atoms with Gasteiger partial charge in [-0.25, -0.2) is 0 Å². The van der Waals surface area contributed by atoms with Crippen molar-refractivity contribution in [2.45, 2.75) is 89.6 Å². The fourth-order valence-corrected chi connectivity index (χ4v) is 6.01. The molecule has 0 aliphatic heterocycles. The molecule has 4 rings (SSSR count). The molecule has 5 unspecified atom stereocenters. The van der Waals surface area contributed by atoms with E-state index in [0.29, 0.717) is 12.5 Å². The van der Waals surface area contributed by atoms with Crippen LogP contribution in [0.1, 0.15) is 83.5 Å². The lowest BCUT2D eigenvalue weighted by molar-refractivity contribution is -0.167. The Morgan fingerprint density at radius 3 is 2.08 bits per heavy atom. The molecule has 0 N–H and O–H groups in total. The van der Waals surface area contributed by atoms with Crippen LogP contribution in [-0.4, -0.2) is 24.6 Å². The number of hydrogen-bond donors (Lipinski definition) is 0. The lowest BCUT2D eigenvalue weighted by atomic mass is 9.79. The van der Waals surface area contributed by atoms with Gasteiger partial charge in [-0.05, 0) is 75.5 Å². The second kappa shape index (κ2) is 8.31. The van der Waals surface area contributed by atoms with E-state index in [1.165, 1.54) is 32.1 Å². The molecular weight excluding hydrogens is 328 g/mol. The highest BCUT2D eigenvalue weighted by Gasteiger charge is 2.42. The van der Waals surface area contributed by atoms with Gasteiger partial charge in [0.2, 0.25) is 0 Å². The molecule has 0 heterocycles. The second-order valence-electron chi connectivity index (χ2n) is 9.26. The van der Waals surface area contributed by atoms with Crippen LogP contribution < -0.4 is 0 Å². The lowest BCUT2D eigenvalue weighted by Crippen LogP contribution is -2.37. The van der Waals surface area contributed by atoms with Gasteiger partial charge in [0.1, 0.15) is 6.10 Å². The molecule has 4 fully saturated rings. The molecule has 146 valence electrons. The van der Waals surface area contributed by atoms with Gasteiger partial charge in [0.05, 0.1) is 18.4 Å². The predicted octanol–water partition coefficient (Wildman–Crippen LogP) is 4.65. The van der Waals surface area contributed by atoms with Crippen LogP contribution in [0.25, 0.3) is 0 Å². The van der Waals surface area contributed by atoms with E-state index >= 15 is 0 Å². The quantitative estimate of drug-likeness (QED) is 0.668. The summed E-state index contributed by atoms with van der Waals surface area (Å²) in [6, 6.07) is 0. The van der Waals surface area contributed by atoms with E-state index in [1.807, 2.05) is 0 Å². The van der Waals surface area contributed by atoms with Gasteiger partial charge in [0.25, 0.3) is 0 Å². The fraction of sp³-hybridized carbons (Fsp3) is 0.909. The number of rotatable bonds is 5. The zero-order valence-electron chi connectivity index (χ0n) is 16.0. The molecule has 0 amide bonds. The van der Waals surface area contributed by atoms with Gasteiger partial charge in [-0.3, -0.25) is 9.59 Å². The van der Waals surface area contributed by atoms with Crippen molar-refractivity contribution in [3.05, 3.63) is 0 Å². The van der Waals surface area contributed by atoms with Crippen LogP contribution in [0, 0.1) is 29.6 Å². The number of esters is 2. The Hall–Kier alpha value is -1.06. The van der Waals surface area contributed by atoms with Gasteiger partial charge >= 0.3 is 11.9 Å². The molecule has 4 saturated carbocycles. The molecule has 4 heteroatoms. The molecule has 26 heavy (non-hydrogen) atoms. The monoisotopic (exact) mass is 362 g/mol. The first-order valence-corrected chi connectivity index (χ1v) is 11.1. The average Bonchev–Trinajstić information content (AvgIpc) is 3.30. The lowest BCUT2D eigenvalue weighted by Gasteiger charge is -2.31. The van der Waals surface area contributed by atoms with Crippen molar-refractivity contribution in [1.82, 2.24) is 0 Å². The molecule has 0 aromatic rings. The largest absolute Gasteiger partial charge is 0.465 e. The number of fused-ring (bicyclic) bond motifs is 2. The Balaban J connectivity index is 1.29. The fourth-order valence-electron chi connectivity index (χ4n) is 6.01. The van der Waals surface area contributed by atoms with Gasteiger partial charge < -0.3 is 9.47 Å². The third kappa shape index (κ3) is 4.09. The van der Waals surface area contributed by atoms with Crippen molar-refractivity contribution in [2.24, 2.45) is 29.6 Å². The van der Waals surface area contributed by atoms with Crippen LogP contribution in [0.5, 0.6) is 0 Å². The molecule has 0 saturated heterocycles. The van der Waals surface area contributed by atoms with E-state index < -0.39 is 0 Å². The van der Waals surface area contributed by atoms with Crippen molar-refractivity contribution in [3.8, 4) is 0 Å². The maximum Gasteiger partial charge on any atom is 0.310 e. The van der Waals surface area contributed by atoms with Crippen molar-refractivity contribution in [1.29, 1.82) is 0 Å². The van der Waals surface area contributed by atoms with Crippen LogP contribution >= 0.6 is 0 Å². The number of ether oxygens (including phenoxy) is 2. The van der Waals surface area contributed by atoms with E-state index in [9.17, 15) is 9.59 Å². The third-order valence-electron chi connectivity index (χ3n) is 7.53. The minimum absolute atomic E-state index is 0.0730. The Kier molecular flexibility index (Phi) is 5.85. The van der Waals surface area contributed by atoms with Gasteiger partial charge in [-0.15, -0.1) is 0 Å². The molecule has 0 aromatic heterocycles. The highest BCUT2D eigenvalue weighted by molar-refractivity contribution is 5.82. The summed E-state index contributed by atoms with van der Waals surface area (Å²) in [5.74, 6) is 1.37. The van der Waals surface area contributed by atoms with Crippen LogP contribution in [0.2, 0.25) is 0 Å². The number of hydrogen-bond acceptors (Lipinski definition) is 4. The molecule has 4 nitrogen and oxygen atoms in total.